The van der Waals surface area contributed by atoms with Crippen LogP contribution in [0.25, 0.3) is 0 Å². The first-order chi connectivity index (χ1) is 13.0. The van der Waals surface area contributed by atoms with Crippen LogP contribution < -0.4 is 10.6 Å². The van der Waals surface area contributed by atoms with Gasteiger partial charge in [0, 0.05) is 28.0 Å². The highest BCUT2D eigenvalue weighted by molar-refractivity contribution is 9.10. The van der Waals surface area contributed by atoms with Crippen molar-refractivity contribution < 1.29 is 9.72 Å². The zero-order chi connectivity index (χ0) is 19.2. The summed E-state index contributed by atoms with van der Waals surface area (Å²) in [7, 11) is 0. The van der Waals surface area contributed by atoms with Crippen molar-refractivity contribution in [3.63, 3.8) is 0 Å². The number of nitrogens with one attached hydrogen (secondary N) is 2. The van der Waals surface area contributed by atoms with E-state index in [0.29, 0.717) is 16.7 Å². The molecule has 6 nitrogen and oxygen atoms in total. The number of thiophene rings is 1. The molecule has 1 amide bonds. The molecule has 0 fully saturated rings. The molecule has 8 heteroatoms. The third-order valence-electron chi connectivity index (χ3n) is 3.88. The van der Waals surface area contributed by atoms with E-state index < -0.39 is 11.0 Å². The van der Waals surface area contributed by atoms with E-state index in [2.05, 4.69) is 26.6 Å². The van der Waals surface area contributed by atoms with Gasteiger partial charge in [-0.15, -0.1) is 11.3 Å². The average molecular weight is 446 g/mol. The first-order valence-electron chi connectivity index (χ1n) is 8.10. The fourth-order valence-electron chi connectivity index (χ4n) is 2.55. The average Bonchev–Trinajstić information content (AvgIpc) is 3.18. The van der Waals surface area contributed by atoms with Crippen LogP contribution in [0.4, 0.5) is 11.4 Å². The van der Waals surface area contributed by atoms with Crippen LogP contribution in [0.3, 0.4) is 0 Å². The molecule has 1 atom stereocenters. The van der Waals surface area contributed by atoms with Gasteiger partial charge in [0.1, 0.15) is 6.04 Å². The zero-order valence-corrected chi connectivity index (χ0v) is 16.5. The Labute approximate surface area is 168 Å². The van der Waals surface area contributed by atoms with Crippen LogP contribution in [0, 0.1) is 10.1 Å². The topological polar surface area (TPSA) is 84.3 Å². The van der Waals surface area contributed by atoms with Crippen molar-refractivity contribution in [1.82, 2.24) is 5.32 Å². The minimum atomic E-state index is -0.560. The smallest absolute Gasteiger partial charge is 0.270 e. The summed E-state index contributed by atoms with van der Waals surface area (Å²) >= 11 is 4.90. The number of hydrogen-bond acceptors (Lipinski definition) is 5. The zero-order valence-electron chi connectivity index (χ0n) is 14.1. The van der Waals surface area contributed by atoms with Gasteiger partial charge in [-0.05, 0) is 39.0 Å². The van der Waals surface area contributed by atoms with E-state index in [1.165, 1.54) is 18.2 Å². The van der Waals surface area contributed by atoms with Crippen LogP contribution in [0.2, 0.25) is 0 Å². The van der Waals surface area contributed by atoms with E-state index >= 15 is 0 Å². The van der Waals surface area contributed by atoms with E-state index in [4.69, 9.17) is 0 Å². The highest BCUT2D eigenvalue weighted by atomic mass is 79.9. The normalized spacial score (nSPS) is 11.7. The van der Waals surface area contributed by atoms with Crippen LogP contribution in [0.15, 0.2) is 70.5 Å². The number of nitrogens with zero attached hydrogens (tertiary/aromatic N) is 1. The van der Waals surface area contributed by atoms with E-state index in [1.807, 2.05) is 47.8 Å². The van der Waals surface area contributed by atoms with Crippen LogP contribution in [-0.4, -0.2) is 10.8 Å². The van der Waals surface area contributed by atoms with Crippen LogP contribution in [0.5, 0.6) is 0 Å². The summed E-state index contributed by atoms with van der Waals surface area (Å²) in [6.07, 6.45) is 0. The first-order valence-corrected chi connectivity index (χ1v) is 9.77. The number of nitro benzene ring substituents is 1. The fourth-order valence-corrected chi connectivity index (χ4v) is 3.67. The molecule has 2 aromatic carbocycles. The molecule has 0 radical (unpaired) electrons. The Morgan fingerprint density at radius 3 is 2.56 bits per heavy atom. The second-order valence-corrected chi connectivity index (χ2v) is 7.60. The Hall–Kier alpha value is -2.55. The molecule has 2 N–H and O–H groups in total. The molecule has 0 saturated carbocycles. The van der Waals surface area contributed by atoms with Crippen LogP contribution >= 0.6 is 27.3 Å². The number of anilines is 1. The van der Waals surface area contributed by atoms with Gasteiger partial charge in [-0.3, -0.25) is 20.2 Å². The third kappa shape index (κ3) is 5.00. The highest BCUT2D eigenvalue weighted by Crippen LogP contribution is 2.28. The lowest BCUT2D eigenvalue weighted by molar-refractivity contribution is -0.384. The molecule has 0 unspecified atom stereocenters. The monoisotopic (exact) mass is 445 g/mol. The number of nitro groups is 1. The van der Waals surface area contributed by atoms with Crippen molar-refractivity contribution in [2.45, 2.75) is 12.6 Å². The molecule has 27 heavy (non-hydrogen) atoms. The predicted molar refractivity (Wildman–Crippen MR) is 110 cm³/mol. The minimum Gasteiger partial charge on any atom is -0.323 e. The van der Waals surface area contributed by atoms with Gasteiger partial charge in [0.2, 0.25) is 5.91 Å². The molecule has 0 aliphatic heterocycles. The third-order valence-corrected chi connectivity index (χ3v) is 5.41. The first kappa shape index (κ1) is 19.2. The summed E-state index contributed by atoms with van der Waals surface area (Å²) in [5.74, 6) is -0.243. The quantitative estimate of drug-likeness (QED) is 0.400. The van der Waals surface area contributed by atoms with Crippen molar-refractivity contribution in [3.8, 4) is 0 Å². The summed E-state index contributed by atoms with van der Waals surface area (Å²) < 4.78 is 0.454. The molecule has 0 saturated heterocycles. The van der Waals surface area contributed by atoms with Crippen molar-refractivity contribution in [2.24, 2.45) is 0 Å². The van der Waals surface area contributed by atoms with Crippen molar-refractivity contribution in [2.75, 3.05) is 5.32 Å². The maximum Gasteiger partial charge on any atom is 0.270 e. The maximum atomic E-state index is 12.9. The molecule has 0 aliphatic carbocycles. The summed E-state index contributed by atoms with van der Waals surface area (Å²) in [5, 5.41) is 19.0. The molecule has 0 aliphatic rings. The van der Waals surface area contributed by atoms with Gasteiger partial charge in [-0.25, -0.2) is 0 Å². The molecule has 0 spiro atoms. The van der Waals surface area contributed by atoms with Gasteiger partial charge in [0.25, 0.3) is 5.69 Å². The Morgan fingerprint density at radius 2 is 1.93 bits per heavy atom. The minimum absolute atomic E-state index is 0.0460. The largest absolute Gasteiger partial charge is 0.323 e. The Balaban J connectivity index is 1.79. The highest BCUT2D eigenvalue weighted by Gasteiger charge is 2.21. The van der Waals surface area contributed by atoms with E-state index in [1.54, 1.807) is 11.3 Å². The van der Waals surface area contributed by atoms with Crippen molar-refractivity contribution in [1.29, 1.82) is 0 Å². The second kappa shape index (κ2) is 8.90. The Bertz CT molecular complexity index is 933. The van der Waals surface area contributed by atoms with Crippen molar-refractivity contribution in [3.05, 3.63) is 91.1 Å². The van der Waals surface area contributed by atoms with Gasteiger partial charge >= 0.3 is 0 Å². The van der Waals surface area contributed by atoms with Gasteiger partial charge in [0.15, 0.2) is 0 Å². The Morgan fingerprint density at radius 1 is 1.15 bits per heavy atom. The van der Waals surface area contributed by atoms with Crippen molar-refractivity contribution >= 4 is 44.5 Å². The summed E-state index contributed by atoms with van der Waals surface area (Å²) in [6, 6.07) is 17.1. The predicted octanol–water partition coefficient (Wildman–Crippen LogP) is 4.89. The van der Waals surface area contributed by atoms with Gasteiger partial charge in [0.05, 0.1) is 10.6 Å². The lowest BCUT2D eigenvalue weighted by Crippen LogP contribution is -2.32. The molecular weight excluding hydrogens is 430 g/mol. The molecule has 1 heterocycles. The summed E-state index contributed by atoms with van der Waals surface area (Å²) in [5.41, 5.74) is 1.27. The standard InChI is InChI=1S/C19H16BrN3O3S/c20-16-11-14(23(25)26)8-9-17(16)22-19(24)18(13-5-2-1-3-6-13)21-12-15-7-4-10-27-15/h1-11,18,21H,12H2,(H,22,24)/t18-/m0/s1. The molecule has 1 aromatic heterocycles. The summed E-state index contributed by atoms with van der Waals surface area (Å²) in [4.78, 5) is 24.4. The Kier molecular flexibility index (Phi) is 6.33. The van der Waals surface area contributed by atoms with E-state index in [-0.39, 0.29) is 11.6 Å². The van der Waals surface area contributed by atoms with Crippen LogP contribution in [0.1, 0.15) is 16.5 Å². The lowest BCUT2D eigenvalue weighted by Gasteiger charge is -2.19. The number of carbonyl (C=O) groups excluding carboxylic acids is 1. The number of halogens is 1. The maximum absolute atomic E-state index is 12.9. The molecule has 3 aromatic rings. The fraction of sp³-hybridized carbons (Fsp3) is 0.105. The molecule has 3 rings (SSSR count). The number of carbonyl (C=O) groups is 1. The molecule has 0 bridgehead atoms. The number of amides is 1. The van der Waals surface area contributed by atoms with E-state index in [0.717, 1.165) is 10.4 Å². The van der Waals surface area contributed by atoms with Gasteiger partial charge in [-0.1, -0.05) is 36.4 Å². The SMILES string of the molecule is O=C(Nc1ccc([N+](=O)[O-])cc1Br)[C@@H](NCc1cccs1)c1ccccc1. The number of rotatable bonds is 7. The van der Waals surface area contributed by atoms with Crippen LogP contribution in [-0.2, 0) is 11.3 Å². The summed E-state index contributed by atoms with van der Waals surface area (Å²) in [6.45, 7) is 0.562. The number of non-ortho nitro benzene ring substituents is 1. The van der Waals surface area contributed by atoms with Gasteiger partial charge in [-0.2, -0.15) is 0 Å². The molecule has 138 valence electrons. The number of hydrogen-bond donors (Lipinski definition) is 2. The molecular formula is C19H16BrN3O3S. The van der Waals surface area contributed by atoms with Gasteiger partial charge < -0.3 is 5.32 Å². The number of benzene rings is 2. The second-order valence-electron chi connectivity index (χ2n) is 5.71. The lowest BCUT2D eigenvalue weighted by atomic mass is 10.1. The van der Waals surface area contributed by atoms with E-state index in [9.17, 15) is 14.9 Å².